The summed E-state index contributed by atoms with van der Waals surface area (Å²) in [4.78, 5) is 33.4. The number of aliphatic carboxylic acids is 1. The zero-order valence-electron chi connectivity index (χ0n) is 15.1. The highest BCUT2D eigenvalue weighted by molar-refractivity contribution is 5.78. The Morgan fingerprint density at radius 1 is 1.33 bits per heavy atom. The Kier molecular flexibility index (Phi) is 5.97. The van der Waals surface area contributed by atoms with Gasteiger partial charge in [-0.1, -0.05) is 0 Å². The molecule has 2 heterocycles. The third-order valence-electron chi connectivity index (χ3n) is 4.52. The first-order chi connectivity index (χ1) is 13.1. The van der Waals surface area contributed by atoms with Crippen LogP contribution in [-0.2, 0) is 16.1 Å². The summed E-state index contributed by atoms with van der Waals surface area (Å²) >= 11 is 0. The lowest BCUT2D eigenvalue weighted by Crippen LogP contribution is -2.30. The van der Waals surface area contributed by atoms with Gasteiger partial charge in [0, 0.05) is 43.7 Å². The van der Waals surface area contributed by atoms with Crippen LogP contribution in [0.3, 0.4) is 0 Å². The average molecular weight is 370 g/mol. The summed E-state index contributed by atoms with van der Waals surface area (Å²) < 4.78 is 5.45. The fraction of sp³-hybridized carbons (Fsp3) is 0.368. The second-order valence-electron chi connectivity index (χ2n) is 6.41. The summed E-state index contributed by atoms with van der Waals surface area (Å²) in [5.74, 6) is 0.0938. The predicted octanol–water partition coefficient (Wildman–Crippen LogP) is 1.17. The van der Waals surface area contributed by atoms with Crippen molar-refractivity contribution in [1.29, 1.82) is 0 Å². The number of nitrogens with one attached hydrogen (secondary N) is 1. The number of carbonyl (C=O) groups excluding carboxylic acids is 1. The number of amides is 1. The number of carboxylic acids is 1. The fourth-order valence-electron chi connectivity index (χ4n) is 3.21. The van der Waals surface area contributed by atoms with Gasteiger partial charge in [-0.25, -0.2) is 14.8 Å². The third kappa shape index (κ3) is 4.79. The maximum absolute atomic E-state index is 11.9. The van der Waals surface area contributed by atoms with Gasteiger partial charge < -0.3 is 15.2 Å². The molecule has 1 amide bonds. The molecule has 8 nitrogen and oxygen atoms in total. The van der Waals surface area contributed by atoms with E-state index in [1.807, 2.05) is 12.1 Å². The number of benzene rings is 1. The van der Waals surface area contributed by atoms with Gasteiger partial charge in [-0.05, 0) is 37.2 Å². The molecule has 1 atom stereocenters. The number of likely N-dealkylation sites (tertiary alicyclic amines) is 1. The Labute approximate surface area is 157 Å². The second-order valence-corrected chi connectivity index (χ2v) is 6.41. The van der Waals surface area contributed by atoms with Crippen LogP contribution in [0.4, 0.5) is 0 Å². The molecule has 2 aromatic rings. The number of rotatable bonds is 7. The molecule has 0 saturated carbocycles. The second kappa shape index (κ2) is 8.59. The van der Waals surface area contributed by atoms with Crippen LogP contribution < -0.4 is 10.1 Å². The minimum atomic E-state index is -1.03. The predicted molar refractivity (Wildman–Crippen MR) is 98.0 cm³/mol. The first-order valence-electron chi connectivity index (χ1n) is 8.75. The molecule has 1 aromatic carbocycles. The van der Waals surface area contributed by atoms with Crippen molar-refractivity contribution in [2.45, 2.75) is 13.0 Å². The molecular formula is C19H22N4O4. The quantitative estimate of drug-likeness (QED) is 0.754. The largest absolute Gasteiger partial charge is 0.482 e. The van der Waals surface area contributed by atoms with Gasteiger partial charge in [-0.2, -0.15) is 0 Å². The summed E-state index contributed by atoms with van der Waals surface area (Å²) in [5.41, 5.74) is 1.68. The van der Waals surface area contributed by atoms with E-state index in [0.717, 1.165) is 24.1 Å². The SMILES string of the molecule is CNC(=O)C1CCN(Cc2cc(-c3ncccn3)ccc2OCC(=O)O)C1. The van der Waals surface area contributed by atoms with E-state index in [1.54, 1.807) is 31.6 Å². The van der Waals surface area contributed by atoms with Crippen LogP contribution >= 0.6 is 0 Å². The molecule has 0 bridgehead atoms. The number of hydrogen-bond donors (Lipinski definition) is 2. The summed E-state index contributed by atoms with van der Waals surface area (Å²) in [6.45, 7) is 1.60. The highest BCUT2D eigenvalue weighted by atomic mass is 16.5. The number of carboxylic acid groups (broad SMARTS) is 1. The Balaban J connectivity index is 1.81. The Bertz CT molecular complexity index is 813. The summed E-state index contributed by atoms with van der Waals surface area (Å²) in [7, 11) is 1.65. The van der Waals surface area contributed by atoms with Crippen LogP contribution in [0.15, 0.2) is 36.7 Å². The van der Waals surface area contributed by atoms with Gasteiger partial charge in [0.05, 0.1) is 5.92 Å². The van der Waals surface area contributed by atoms with Crippen LogP contribution in [0.2, 0.25) is 0 Å². The summed E-state index contributed by atoms with van der Waals surface area (Å²) in [5, 5.41) is 11.6. The van der Waals surface area contributed by atoms with Crippen LogP contribution in [-0.4, -0.2) is 58.6 Å². The standard InChI is InChI=1S/C19H22N4O4/c1-20-19(26)14-5-8-23(10-14)11-15-9-13(18-21-6-2-7-22-18)3-4-16(15)27-12-17(24)25/h2-4,6-7,9,14H,5,8,10-12H2,1H3,(H,20,26)(H,24,25). The normalized spacial score (nSPS) is 16.9. The molecule has 0 aliphatic carbocycles. The Morgan fingerprint density at radius 2 is 2.11 bits per heavy atom. The molecule has 8 heteroatoms. The molecule has 1 aliphatic heterocycles. The smallest absolute Gasteiger partial charge is 0.341 e. The molecule has 27 heavy (non-hydrogen) atoms. The number of ether oxygens (including phenoxy) is 1. The third-order valence-corrected chi connectivity index (χ3v) is 4.52. The van der Waals surface area contributed by atoms with Gasteiger partial charge in [-0.3, -0.25) is 9.69 Å². The van der Waals surface area contributed by atoms with Crippen LogP contribution in [0.5, 0.6) is 5.75 Å². The van der Waals surface area contributed by atoms with E-state index in [0.29, 0.717) is 24.7 Å². The van der Waals surface area contributed by atoms with Gasteiger partial charge in [0.2, 0.25) is 5.91 Å². The van der Waals surface area contributed by atoms with E-state index < -0.39 is 12.6 Å². The molecule has 1 aromatic heterocycles. The molecule has 0 radical (unpaired) electrons. The Morgan fingerprint density at radius 3 is 2.81 bits per heavy atom. The maximum Gasteiger partial charge on any atom is 0.341 e. The first-order valence-corrected chi connectivity index (χ1v) is 8.75. The highest BCUT2D eigenvalue weighted by Crippen LogP contribution is 2.28. The molecule has 1 unspecified atom stereocenters. The molecule has 142 valence electrons. The molecule has 2 N–H and O–H groups in total. The topological polar surface area (TPSA) is 105 Å². The molecule has 0 spiro atoms. The molecule has 1 aliphatic rings. The zero-order chi connectivity index (χ0) is 19.2. The molecular weight excluding hydrogens is 348 g/mol. The van der Waals surface area contributed by atoms with Crippen molar-refractivity contribution in [2.75, 3.05) is 26.7 Å². The number of carbonyl (C=O) groups is 2. The van der Waals surface area contributed by atoms with E-state index >= 15 is 0 Å². The monoisotopic (exact) mass is 370 g/mol. The first kappa shape index (κ1) is 18.8. The minimum absolute atomic E-state index is 0.0287. The van der Waals surface area contributed by atoms with Crippen LogP contribution in [0, 0.1) is 5.92 Å². The van der Waals surface area contributed by atoms with Gasteiger partial charge >= 0.3 is 5.97 Å². The van der Waals surface area contributed by atoms with E-state index in [1.165, 1.54) is 0 Å². The van der Waals surface area contributed by atoms with Crippen molar-refractivity contribution >= 4 is 11.9 Å². The van der Waals surface area contributed by atoms with E-state index in [2.05, 4.69) is 20.2 Å². The lowest BCUT2D eigenvalue weighted by Gasteiger charge is -2.19. The van der Waals surface area contributed by atoms with Crippen molar-refractivity contribution in [3.05, 3.63) is 42.2 Å². The summed E-state index contributed by atoms with van der Waals surface area (Å²) in [6, 6.07) is 7.22. The minimum Gasteiger partial charge on any atom is -0.482 e. The fourth-order valence-corrected chi connectivity index (χ4v) is 3.21. The van der Waals surface area contributed by atoms with Gasteiger partial charge in [-0.15, -0.1) is 0 Å². The molecule has 1 fully saturated rings. The Hall–Kier alpha value is -3.00. The van der Waals surface area contributed by atoms with E-state index in [-0.39, 0.29) is 11.8 Å². The lowest BCUT2D eigenvalue weighted by molar-refractivity contribution is -0.139. The summed E-state index contributed by atoms with van der Waals surface area (Å²) in [6.07, 6.45) is 4.14. The average Bonchev–Trinajstić information content (AvgIpc) is 3.15. The van der Waals surface area contributed by atoms with Crippen molar-refractivity contribution in [3.8, 4) is 17.1 Å². The zero-order valence-corrected chi connectivity index (χ0v) is 15.1. The van der Waals surface area contributed by atoms with E-state index in [4.69, 9.17) is 9.84 Å². The molecule has 3 rings (SSSR count). The number of nitrogens with zero attached hydrogens (tertiary/aromatic N) is 3. The van der Waals surface area contributed by atoms with Crippen LogP contribution in [0.1, 0.15) is 12.0 Å². The molecule has 1 saturated heterocycles. The van der Waals surface area contributed by atoms with Crippen molar-refractivity contribution in [3.63, 3.8) is 0 Å². The number of aromatic nitrogens is 2. The highest BCUT2D eigenvalue weighted by Gasteiger charge is 2.28. The van der Waals surface area contributed by atoms with Gasteiger partial charge in [0.15, 0.2) is 12.4 Å². The van der Waals surface area contributed by atoms with Crippen LogP contribution in [0.25, 0.3) is 11.4 Å². The lowest BCUT2D eigenvalue weighted by atomic mass is 10.1. The maximum atomic E-state index is 11.9. The van der Waals surface area contributed by atoms with E-state index in [9.17, 15) is 9.59 Å². The van der Waals surface area contributed by atoms with Crippen molar-refractivity contribution < 1.29 is 19.4 Å². The van der Waals surface area contributed by atoms with Crippen molar-refractivity contribution in [2.24, 2.45) is 5.92 Å². The van der Waals surface area contributed by atoms with Crippen molar-refractivity contribution in [1.82, 2.24) is 20.2 Å². The van der Waals surface area contributed by atoms with Gasteiger partial charge in [0.25, 0.3) is 0 Å². The number of hydrogen-bond acceptors (Lipinski definition) is 6. The van der Waals surface area contributed by atoms with Gasteiger partial charge in [0.1, 0.15) is 5.75 Å².